The minimum Gasteiger partial charge on any atom is -0.492 e. The largest absolute Gasteiger partial charge is 0.492 e. The van der Waals surface area contributed by atoms with Crippen molar-refractivity contribution in [1.82, 2.24) is 5.32 Å². The highest BCUT2D eigenvalue weighted by Crippen LogP contribution is 2.39. The normalized spacial score (nSPS) is 12.8. The van der Waals surface area contributed by atoms with E-state index in [4.69, 9.17) is 21.1 Å². The van der Waals surface area contributed by atoms with E-state index in [9.17, 15) is 4.79 Å². The Hall–Kier alpha value is -2.04. The highest BCUT2D eigenvalue weighted by Gasteiger charge is 2.29. The van der Waals surface area contributed by atoms with E-state index < -0.39 is 5.97 Å². The van der Waals surface area contributed by atoms with Gasteiger partial charge in [-0.3, -0.25) is 0 Å². The van der Waals surface area contributed by atoms with Crippen LogP contribution in [0.3, 0.4) is 0 Å². The van der Waals surface area contributed by atoms with Crippen LogP contribution in [-0.4, -0.2) is 12.6 Å². The summed E-state index contributed by atoms with van der Waals surface area (Å²) in [7, 11) is 0. The first-order valence-electron chi connectivity index (χ1n) is 8.58. The smallest absolute Gasteiger partial charge is 0.347 e. The third kappa shape index (κ3) is 3.65. The highest BCUT2D eigenvalue weighted by atomic mass is 35.5. The van der Waals surface area contributed by atoms with E-state index >= 15 is 0 Å². The fourth-order valence-electron chi connectivity index (χ4n) is 2.98. The molecule has 25 heavy (non-hydrogen) atoms. The number of benzene rings is 2. The molecule has 1 aliphatic heterocycles. The predicted octanol–water partition coefficient (Wildman–Crippen LogP) is 4.65. The average Bonchev–Trinajstić information content (AvgIpc) is 3.10. The zero-order valence-corrected chi connectivity index (χ0v) is 15.3. The zero-order chi connectivity index (χ0) is 17.8. The molecule has 1 heterocycles. The van der Waals surface area contributed by atoms with Gasteiger partial charge in [0.05, 0.1) is 6.61 Å². The fourth-order valence-corrected chi connectivity index (χ4v) is 3.26. The van der Waals surface area contributed by atoms with Crippen molar-refractivity contribution in [2.45, 2.75) is 39.8 Å². The van der Waals surface area contributed by atoms with Crippen LogP contribution >= 0.6 is 11.6 Å². The second-order valence-corrected chi connectivity index (χ2v) is 6.49. The van der Waals surface area contributed by atoms with E-state index in [0.29, 0.717) is 47.3 Å². The number of carbonyl (C=O) groups is 1. The van der Waals surface area contributed by atoms with E-state index in [2.05, 4.69) is 12.2 Å². The summed E-state index contributed by atoms with van der Waals surface area (Å²) in [6.45, 7) is 5.84. The summed E-state index contributed by atoms with van der Waals surface area (Å²) in [6.07, 6.45) is 1.95. The minimum atomic E-state index is -0.438. The lowest BCUT2D eigenvalue weighted by molar-refractivity contribution is 0.0729. The molecular formula is C20H22ClNO3. The quantitative estimate of drug-likeness (QED) is 0.463. The predicted molar refractivity (Wildman–Crippen MR) is 98.5 cm³/mol. The van der Waals surface area contributed by atoms with Gasteiger partial charge in [-0.15, -0.1) is 0 Å². The van der Waals surface area contributed by atoms with E-state index in [-0.39, 0.29) is 0 Å². The van der Waals surface area contributed by atoms with Crippen LogP contribution in [-0.2, 0) is 13.1 Å². The maximum atomic E-state index is 12.9. The molecule has 0 aromatic heterocycles. The lowest BCUT2D eigenvalue weighted by atomic mass is 9.98. The van der Waals surface area contributed by atoms with Crippen LogP contribution in [0.15, 0.2) is 30.3 Å². The topological polar surface area (TPSA) is 47.6 Å². The summed E-state index contributed by atoms with van der Waals surface area (Å²) in [5.41, 5.74) is 3.11. The Bertz CT molecular complexity index is 775. The Balaban J connectivity index is 2.01. The summed E-state index contributed by atoms with van der Waals surface area (Å²) in [5, 5.41) is 3.90. The standard InChI is InChI=1S/C20H22ClNO3/c1-3-4-10-24-19-16-12-22-11-15(16)18(21)13(2)17(19)20(23)25-14-8-6-5-7-9-14/h5-9,22H,3-4,10-12H2,1-2H3. The van der Waals surface area contributed by atoms with Gasteiger partial charge in [0.15, 0.2) is 0 Å². The molecule has 0 aliphatic carbocycles. The van der Waals surface area contributed by atoms with Crippen molar-refractivity contribution >= 4 is 17.6 Å². The van der Waals surface area contributed by atoms with Crippen LogP contribution in [0.4, 0.5) is 0 Å². The van der Waals surface area contributed by atoms with Gasteiger partial charge in [0.1, 0.15) is 17.1 Å². The second kappa shape index (κ2) is 7.89. The van der Waals surface area contributed by atoms with E-state index in [0.717, 1.165) is 24.0 Å². The number of ether oxygens (including phenoxy) is 2. The van der Waals surface area contributed by atoms with Gasteiger partial charge in [-0.05, 0) is 36.6 Å². The number of nitrogens with one attached hydrogen (secondary N) is 1. The lowest BCUT2D eigenvalue weighted by Gasteiger charge is -2.18. The first kappa shape index (κ1) is 17.8. The molecule has 5 heteroatoms. The van der Waals surface area contributed by atoms with E-state index in [1.165, 1.54) is 0 Å². The maximum absolute atomic E-state index is 12.9. The first-order chi connectivity index (χ1) is 12.1. The Morgan fingerprint density at radius 2 is 1.92 bits per heavy atom. The molecule has 2 aromatic rings. The number of halogens is 1. The molecule has 0 fully saturated rings. The highest BCUT2D eigenvalue weighted by molar-refractivity contribution is 6.33. The van der Waals surface area contributed by atoms with Crippen molar-refractivity contribution in [1.29, 1.82) is 0 Å². The van der Waals surface area contributed by atoms with Crippen molar-refractivity contribution in [3.05, 3.63) is 57.6 Å². The van der Waals surface area contributed by atoms with E-state index in [1.807, 2.05) is 25.1 Å². The van der Waals surface area contributed by atoms with Crippen molar-refractivity contribution in [2.24, 2.45) is 0 Å². The van der Waals surface area contributed by atoms with Crippen LogP contribution in [0.2, 0.25) is 5.02 Å². The molecule has 0 saturated carbocycles. The SMILES string of the molecule is CCCCOc1c2c(c(Cl)c(C)c1C(=O)Oc1ccccc1)CNC2. The van der Waals surface area contributed by atoms with Crippen LogP contribution in [0, 0.1) is 6.92 Å². The average molecular weight is 360 g/mol. The third-order valence-corrected chi connectivity index (χ3v) is 4.85. The van der Waals surface area contributed by atoms with E-state index in [1.54, 1.807) is 12.1 Å². The molecular weight excluding hydrogens is 338 g/mol. The molecule has 0 radical (unpaired) electrons. The summed E-state index contributed by atoms with van der Waals surface area (Å²) < 4.78 is 11.6. The van der Waals surface area contributed by atoms with Gasteiger partial charge in [0.25, 0.3) is 0 Å². The van der Waals surface area contributed by atoms with Crippen molar-refractivity contribution < 1.29 is 14.3 Å². The number of hydrogen-bond acceptors (Lipinski definition) is 4. The molecule has 0 bridgehead atoms. The van der Waals surface area contributed by atoms with Gasteiger partial charge in [-0.1, -0.05) is 43.1 Å². The summed E-state index contributed by atoms with van der Waals surface area (Å²) in [5.74, 6) is 0.671. The molecule has 0 amide bonds. The zero-order valence-electron chi connectivity index (χ0n) is 14.5. The number of para-hydroxylation sites is 1. The summed E-state index contributed by atoms with van der Waals surface area (Å²) in [4.78, 5) is 12.9. The molecule has 0 spiro atoms. The molecule has 0 saturated heterocycles. The van der Waals surface area contributed by atoms with Gasteiger partial charge in [0, 0.05) is 23.7 Å². The van der Waals surface area contributed by atoms with Crippen LogP contribution in [0.5, 0.6) is 11.5 Å². The summed E-state index contributed by atoms with van der Waals surface area (Å²) >= 11 is 6.52. The number of hydrogen-bond donors (Lipinski definition) is 1. The Morgan fingerprint density at radius 1 is 1.20 bits per heavy atom. The monoisotopic (exact) mass is 359 g/mol. The number of unbranched alkanes of at least 4 members (excludes halogenated alkanes) is 1. The van der Waals surface area contributed by atoms with Crippen LogP contribution in [0.1, 0.15) is 46.8 Å². The number of esters is 1. The molecule has 1 aliphatic rings. The van der Waals surface area contributed by atoms with Gasteiger partial charge < -0.3 is 14.8 Å². The maximum Gasteiger partial charge on any atom is 0.347 e. The minimum absolute atomic E-state index is 0.424. The number of rotatable bonds is 6. The number of fused-ring (bicyclic) bond motifs is 1. The third-order valence-electron chi connectivity index (χ3n) is 4.34. The Kier molecular flexibility index (Phi) is 5.61. The van der Waals surface area contributed by atoms with Gasteiger partial charge in [-0.25, -0.2) is 4.79 Å². The summed E-state index contributed by atoms with van der Waals surface area (Å²) in [6, 6.07) is 9.03. The fraction of sp³-hybridized carbons (Fsp3) is 0.350. The molecule has 4 nitrogen and oxygen atoms in total. The molecule has 3 rings (SSSR count). The van der Waals surface area contributed by atoms with Gasteiger partial charge in [-0.2, -0.15) is 0 Å². The van der Waals surface area contributed by atoms with Crippen molar-refractivity contribution in [3.8, 4) is 11.5 Å². The van der Waals surface area contributed by atoms with Gasteiger partial charge >= 0.3 is 5.97 Å². The van der Waals surface area contributed by atoms with Gasteiger partial charge in [0.2, 0.25) is 0 Å². The first-order valence-corrected chi connectivity index (χ1v) is 8.95. The molecule has 0 atom stereocenters. The molecule has 2 aromatic carbocycles. The molecule has 0 unspecified atom stereocenters. The van der Waals surface area contributed by atoms with Crippen LogP contribution < -0.4 is 14.8 Å². The second-order valence-electron chi connectivity index (χ2n) is 6.11. The van der Waals surface area contributed by atoms with Crippen LogP contribution in [0.25, 0.3) is 0 Å². The number of carbonyl (C=O) groups excluding carboxylic acids is 1. The lowest BCUT2D eigenvalue weighted by Crippen LogP contribution is -2.15. The molecule has 132 valence electrons. The Labute approximate surface area is 153 Å². The Morgan fingerprint density at radius 3 is 2.64 bits per heavy atom. The molecule has 1 N–H and O–H groups in total. The van der Waals surface area contributed by atoms with Crippen molar-refractivity contribution in [2.75, 3.05) is 6.61 Å². The van der Waals surface area contributed by atoms with Crippen molar-refractivity contribution in [3.63, 3.8) is 0 Å².